The summed E-state index contributed by atoms with van der Waals surface area (Å²) in [6.45, 7) is 8.10. The van der Waals surface area contributed by atoms with Crippen LogP contribution in [0.2, 0.25) is 0 Å². The van der Waals surface area contributed by atoms with Gasteiger partial charge in [0.05, 0.1) is 6.20 Å². The molecule has 0 unspecified atom stereocenters. The quantitative estimate of drug-likeness (QED) is 0.845. The van der Waals surface area contributed by atoms with Crippen molar-refractivity contribution in [1.29, 1.82) is 0 Å². The highest BCUT2D eigenvalue weighted by atomic mass is 79.9. The molecule has 112 valence electrons. The van der Waals surface area contributed by atoms with Gasteiger partial charge in [-0.1, -0.05) is 20.8 Å². The van der Waals surface area contributed by atoms with Gasteiger partial charge in [-0.3, -0.25) is 4.98 Å². The maximum atomic E-state index is 5.84. The first-order chi connectivity index (χ1) is 10.1. The predicted octanol–water partition coefficient (Wildman–Crippen LogP) is 4.26. The molecule has 4 nitrogen and oxygen atoms in total. The first kappa shape index (κ1) is 15.9. The highest BCUT2D eigenvalue weighted by Crippen LogP contribution is 2.25. The highest BCUT2D eigenvalue weighted by molar-refractivity contribution is 9.10. The first-order valence-electron chi connectivity index (χ1n) is 7.08. The molecule has 5 heteroatoms. The van der Waals surface area contributed by atoms with E-state index in [0.29, 0.717) is 17.5 Å². The predicted molar refractivity (Wildman–Crippen MR) is 87.7 cm³/mol. The van der Waals surface area contributed by atoms with Gasteiger partial charge in [-0.05, 0) is 46.1 Å². The van der Waals surface area contributed by atoms with Crippen LogP contribution in [-0.4, -0.2) is 16.5 Å². The summed E-state index contributed by atoms with van der Waals surface area (Å²) in [6.07, 6.45) is 3.40. The summed E-state index contributed by atoms with van der Waals surface area (Å²) >= 11 is 3.39. The molecule has 2 aromatic heterocycles. The fourth-order valence-corrected chi connectivity index (χ4v) is 2.21. The van der Waals surface area contributed by atoms with Gasteiger partial charge in [-0.25, -0.2) is 4.98 Å². The lowest BCUT2D eigenvalue weighted by molar-refractivity contribution is 0.455. The molecule has 0 saturated heterocycles. The van der Waals surface area contributed by atoms with Crippen LogP contribution in [0.15, 0.2) is 35.1 Å². The van der Waals surface area contributed by atoms with Gasteiger partial charge < -0.3 is 10.1 Å². The van der Waals surface area contributed by atoms with Gasteiger partial charge in [0, 0.05) is 29.0 Å². The van der Waals surface area contributed by atoms with Crippen molar-refractivity contribution in [2.24, 2.45) is 0 Å². The average Bonchev–Trinajstić information content (AvgIpc) is 2.45. The van der Waals surface area contributed by atoms with E-state index < -0.39 is 0 Å². The van der Waals surface area contributed by atoms with Crippen LogP contribution in [0, 0.1) is 0 Å². The third kappa shape index (κ3) is 4.79. The van der Waals surface area contributed by atoms with Crippen molar-refractivity contribution in [1.82, 2.24) is 15.3 Å². The zero-order chi connectivity index (χ0) is 15.2. The maximum absolute atomic E-state index is 5.84. The summed E-state index contributed by atoms with van der Waals surface area (Å²) in [5, 5.41) is 3.33. The molecule has 2 heterocycles. The molecule has 0 bridgehead atoms. The largest absolute Gasteiger partial charge is 0.437 e. The minimum Gasteiger partial charge on any atom is -0.437 e. The standard InChI is InChI=1S/C16H20BrN3O/c1-4-18-8-12-5-15(11(2)3)20-16(6-12)21-14-7-13(17)9-19-10-14/h5-7,9-11,18H,4,8H2,1-3H3. The van der Waals surface area contributed by atoms with Gasteiger partial charge in [-0.15, -0.1) is 0 Å². The topological polar surface area (TPSA) is 47.0 Å². The lowest BCUT2D eigenvalue weighted by Gasteiger charge is -2.12. The van der Waals surface area contributed by atoms with Crippen LogP contribution in [-0.2, 0) is 6.54 Å². The molecule has 0 aliphatic rings. The van der Waals surface area contributed by atoms with Gasteiger partial charge in [-0.2, -0.15) is 0 Å². The van der Waals surface area contributed by atoms with Gasteiger partial charge in [0.15, 0.2) is 0 Å². The Kier molecular flexibility index (Phi) is 5.70. The van der Waals surface area contributed by atoms with Gasteiger partial charge in [0.25, 0.3) is 0 Å². The lowest BCUT2D eigenvalue weighted by Crippen LogP contribution is -2.12. The first-order valence-corrected chi connectivity index (χ1v) is 7.87. The molecule has 0 aliphatic heterocycles. The molecule has 1 N–H and O–H groups in total. The van der Waals surface area contributed by atoms with Crippen molar-refractivity contribution in [3.63, 3.8) is 0 Å². The lowest BCUT2D eigenvalue weighted by atomic mass is 10.1. The van der Waals surface area contributed by atoms with Crippen molar-refractivity contribution in [3.05, 3.63) is 46.3 Å². The Balaban J connectivity index is 2.26. The summed E-state index contributed by atoms with van der Waals surface area (Å²) in [6, 6.07) is 5.97. The Labute approximate surface area is 134 Å². The zero-order valence-electron chi connectivity index (χ0n) is 12.6. The Morgan fingerprint density at radius 3 is 2.71 bits per heavy atom. The minimum atomic E-state index is 0.356. The average molecular weight is 350 g/mol. The fourth-order valence-electron chi connectivity index (χ4n) is 1.87. The van der Waals surface area contributed by atoms with Crippen LogP contribution in [0.1, 0.15) is 37.9 Å². The summed E-state index contributed by atoms with van der Waals surface area (Å²) < 4.78 is 6.72. The van der Waals surface area contributed by atoms with Crippen molar-refractivity contribution in [2.75, 3.05) is 6.54 Å². The second-order valence-electron chi connectivity index (χ2n) is 5.11. The summed E-state index contributed by atoms with van der Waals surface area (Å²) in [4.78, 5) is 8.67. The molecule has 0 aromatic carbocycles. The summed E-state index contributed by atoms with van der Waals surface area (Å²) in [5.74, 6) is 1.63. The SMILES string of the molecule is CCNCc1cc(Oc2cncc(Br)c2)nc(C(C)C)c1. The molecule has 2 rings (SSSR count). The van der Waals surface area contributed by atoms with Gasteiger partial charge in [0.1, 0.15) is 5.75 Å². The van der Waals surface area contributed by atoms with E-state index in [2.05, 4.69) is 58.1 Å². The number of halogens is 1. The Morgan fingerprint density at radius 1 is 1.24 bits per heavy atom. The third-order valence-electron chi connectivity index (χ3n) is 2.95. The number of pyridine rings is 2. The second-order valence-corrected chi connectivity index (χ2v) is 6.03. The number of aromatic nitrogens is 2. The van der Waals surface area contributed by atoms with E-state index in [-0.39, 0.29) is 0 Å². The van der Waals surface area contributed by atoms with Crippen LogP contribution in [0.3, 0.4) is 0 Å². The van der Waals surface area contributed by atoms with Crippen LogP contribution < -0.4 is 10.1 Å². The molecule has 0 amide bonds. The molecule has 0 radical (unpaired) electrons. The van der Waals surface area contributed by atoms with E-state index in [1.54, 1.807) is 12.4 Å². The van der Waals surface area contributed by atoms with E-state index in [1.165, 1.54) is 5.56 Å². The Morgan fingerprint density at radius 2 is 2.05 bits per heavy atom. The van der Waals surface area contributed by atoms with E-state index in [1.807, 2.05) is 12.1 Å². The molecule has 0 saturated carbocycles. The van der Waals surface area contributed by atoms with E-state index in [4.69, 9.17) is 4.74 Å². The minimum absolute atomic E-state index is 0.356. The molecular formula is C16H20BrN3O. The molecule has 0 aliphatic carbocycles. The second kappa shape index (κ2) is 7.52. The number of hydrogen-bond acceptors (Lipinski definition) is 4. The van der Waals surface area contributed by atoms with Crippen molar-refractivity contribution < 1.29 is 4.74 Å². The van der Waals surface area contributed by atoms with Crippen LogP contribution in [0.4, 0.5) is 0 Å². The third-order valence-corrected chi connectivity index (χ3v) is 3.39. The van der Waals surface area contributed by atoms with E-state index in [0.717, 1.165) is 23.3 Å². The summed E-state index contributed by atoms with van der Waals surface area (Å²) in [7, 11) is 0. The van der Waals surface area contributed by atoms with Crippen LogP contribution >= 0.6 is 15.9 Å². The number of rotatable bonds is 6. The monoisotopic (exact) mass is 349 g/mol. The normalized spacial score (nSPS) is 10.9. The molecular weight excluding hydrogens is 330 g/mol. The van der Waals surface area contributed by atoms with Crippen molar-refractivity contribution in [2.45, 2.75) is 33.2 Å². The summed E-state index contributed by atoms with van der Waals surface area (Å²) in [5.41, 5.74) is 2.21. The Hall–Kier alpha value is -1.46. The van der Waals surface area contributed by atoms with Crippen LogP contribution in [0.5, 0.6) is 11.6 Å². The van der Waals surface area contributed by atoms with Crippen LogP contribution in [0.25, 0.3) is 0 Å². The van der Waals surface area contributed by atoms with Gasteiger partial charge >= 0.3 is 0 Å². The molecule has 2 aromatic rings. The number of nitrogens with zero attached hydrogens (tertiary/aromatic N) is 2. The zero-order valence-corrected chi connectivity index (χ0v) is 14.1. The van der Waals surface area contributed by atoms with Crippen molar-refractivity contribution in [3.8, 4) is 11.6 Å². The molecule has 0 spiro atoms. The Bertz CT molecular complexity index is 602. The van der Waals surface area contributed by atoms with Gasteiger partial charge in [0.2, 0.25) is 5.88 Å². The number of hydrogen-bond donors (Lipinski definition) is 1. The maximum Gasteiger partial charge on any atom is 0.219 e. The smallest absolute Gasteiger partial charge is 0.219 e. The number of ether oxygens (including phenoxy) is 1. The molecule has 0 atom stereocenters. The van der Waals surface area contributed by atoms with E-state index >= 15 is 0 Å². The molecule has 0 fully saturated rings. The highest BCUT2D eigenvalue weighted by Gasteiger charge is 2.08. The van der Waals surface area contributed by atoms with E-state index in [9.17, 15) is 0 Å². The fraction of sp³-hybridized carbons (Fsp3) is 0.375. The van der Waals surface area contributed by atoms with Crippen molar-refractivity contribution >= 4 is 15.9 Å². The number of nitrogens with one attached hydrogen (secondary N) is 1. The molecule has 21 heavy (non-hydrogen) atoms.